The molecule has 0 aromatic carbocycles. The van der Waals surface area contributed by atoms with Crippen molar-refractivity contribution in [1.82, 2.24) is 10.3 Å². The maximum Gasteiger partial charge on any atom is 0.305 e. The van der Waals surface area contributed by atoms with Crippen molar-refractivity contribution in [2.24, 2.45) is 0 Å². The number of hydrogen-bond acceptors (Lipinski definition) is 3. The topological polar surface area (TPSA) is 99.3 Å². The summed E-state index contributed by atoms with van der Waals surface area (Å²) in [5.74, 6) is -1.54. The third-order valence-corrected chi connectivity index (χ3v) is 2.31. The molecule has 0 spiro atoms. The fraction of sp³-hybridized carbons (Fsp3) is 0.364. The summed E-state index contributed by atoms with van der Waals surface area (Å²) in [4.78, 5) is 35.9. The van der Waals surface area contributed by atoms with Crippen LogP contribution in [-0.2, 0) is 4.79 Å². The summed E-state index contributed by atoms with van der Waals surface area (Å²) in [5.41, 5.74) is -0.508. The van der Waals surface area contributed by atoms with Crippen LogP contribution in [0.1, 0.15) is 30.1 Å². The molecule has 17 heavy (non-hydrogen) atoms. The lowest BCUT2D eigenvalue weighted by atomic mass is 10.1. The molecule has 0 saturated carbocycles. The number of carboxylic acids is 1. The van der Waals surface area contributed by atoms with Crippen molar-refractivity contribution < 1.29 is 14.7 Å². The highest BCUT2D eigenvalue weighted by atomic mass is 16.4. The van der Waals surface area contributed by atoms with Crippen LogP contribution in [0.3, 0.4) is 0 Å². The van der Waals surface area contributed by atoms with E-state index in [9.17, 15) is 14.4 Å². The van der Waals surface area contributed by atoms with Crippen LogP contribution in [0.5, 0.6) is 0 Å². The van der Waals surface area contributed by atoms with Gasteiger partial charge in [0, 0.05) is 12.2 Å². The minimum Gasteiger partial charge on any atom is -0.481 e. The predicted octanol–water partition coefficient (Wildman–Crippen LogP) is 0.358. The lowest BCUT2D eigenvalue weighted by molar-refractivity contribution is -0.137. The fourth-order valence-corrected chi connectivity index (χ4v) is 1.37. The highest BCUT2D eigenvalue weighted by Gasteiger charge is 2.16. The predicted molar refractivity (Wildman–Crippen MR) is 60.9 cm³/mol. The number of pyridine rings is 1. The number of nitrogens with one attached hydrogen (secondary N) is 2. The van der Waals surface area contributed by atoms with Gasteiger partial charge < -0.3 is 15.4 Å². The number of carbonyl (C=O) groups excluding carboxylic acids is 1. The molecule has 1 aromatic rings. The first-order valence-corrected chi connectivity index (χ1v) is 5.25. The summed E-state index contributed by atoms with van der Waals surface area (Å²) in [6.07, 6.45) is 1.75. The SMILES string of the molecule is CCC(CC(=O)O)NC(=O)c1ccc[nH]c1=O. The number of aromatic nitrogens is 1. The normalized spacial score (nSPS) is 11.8. The molecule has 0 radical (unpaired) electrons. The van der Waals surface area contributed by atoms with E-state index >= 15 is 0 Å². The van der Waals surface area contributed by atoms with E-state index in [0.29, 0.717) is 6.42 Å². The van der Waals surface area contributed by atoms with Crippen molar-refractivity contribution >= 4 is 11.9 Å². The van der Waals surface area contributed by atoms with Gasteiger partial charge in [-0.3, -0.25) is 14.4 Å². The van der Waals surface area contributed by atoms with Crippen LogP contribution in [0.15, 0.2) is 23.1 Å². The standard InChI is InChI=1S/C11H14N2O4/c1-2-7(6-9(14)15)13-11(17)8-4-3-5-12-10(8)16/h3-5,7H,2,6H2,1H3,(H,12,16)(H,13,17)(H,14,15). The molecule has 0 aliphatic heterocycles. The number of aromatic amines is 1. The van der Waals surface area contributed by atoms with Gasteiger partial charge in [-0.1, -0.05) is 6.92 Å². The van der Waals surface area contributed by atoms with Crippen molar-refractivity contribution in [2.45, 2.75) is 25.8 Å². The van der Waals surface area contributed by atoms with E-state index in [1.54, 1.807) is 6.92 Å². The van der Waals surface area contributed by atoms with Crippen LogP contribution in [0.25, 0.3) is 0 Å². The number of carboxylic acid groups (broad SMARTS) is 1. The minimum absolute atomic E-state index is 0.0173. The molecule has 0 saturated heterocycles. The maximum absolute atomic E-state index is 11.7. The Labute approximate surface area is 97.7 Å². The first-order valence-electron chi connectivity index (χ1n) is 5.25. The summed E-state index contributed by atoms with van der Waals surface area (Å²) < 4.78 is 0. The van der Waals surface area contributed by atoms with Crippen LogP contribution < -0.4 is 10.9 Å². The quantitative estimate of drug-likeness (QED) is 0.689. The minimum atomic E-state index is -0.987. The average Bonchev–Trinajstić information content (AvgIpc) is 2.27. The van der Waals surface area contributed by atoms with E-state index in [4.69, 9.17) is 5.11 Å². The second kappa shape index (κ2) is 5.83. The molecule has 1 heterocycles. The van der Waals surface area contributed by atoms with Crippen LogP contribution >= 0.6 is 0 Å². The Bertz CT molecular complexity index is 467. The van der Waals surface area contributed by atoms with Crippen molar-refractivity contribution in [2.75, 3.05) is 0 Å². The van der Waals surface area contributed by atoms with Gasteiger partial charge in [-0.25, -0.2) is 0 Å². The summed E-state index contributed by atoms with van der Waals surface area (Å²) in [6, 6.07) is 2.45. The molecule has 0 bridgehead atoms. The lowest BCUT2D eigenvalue weighted by Gasteiger charge is -2.14. The van der Waals surface area contributed by atoms with Gasteiger partial charge in [0.1, 0.15) is 5.56 Å². The van der Waals surface area contributed by atoms with E-state index in [-0.39, 0.29) is 12.0 Å². The zero-order chi connectivity index (χ0) is 12.8. The number of amides is 1. The third kappa shape index (κ3) is 3.75. The summed E-state index contributed by atoms with van der Waals surface area (Å²) in [7, 11) is 0. The van der Waals surface area contributed by atoms with Crippen molar-refractivity contribution in [3.63, 3.8) is 0 Å². The molecule has 6 heteroatoms. The Balaban J connectivity index is 2.75. The van der Waals surface area contributed by atoms with E-state index in [0.717, 1.165) is 0 Å². The highest BCUT2D eigenvalue weighted by Crippen LogP contribution is 1.99. The van der Waals surface area contributed by atoms with E-state index in [2.05, 4.69) is 10.3 Å². The first-order chi connectivity index (χ1) is 8.04. The molecule has 1 unspecified atom stereocenters. The van der Waals surface area contributed by atoms with Crippen molar-refractivity contribution in [1.29, 1.82) is 0 Å². The van der Waals surface area contributed by atoms with Gasteiger partial charge in [0.2, 0.25) is 0 Å². The Morgan fingerprint density at radius 1 is 1.53 bits per heavy atom. The molecular formula is C11H14N2O4. The molecule has 6 nitrogen and oxygen atoms in total. The summed E-state index contributed by atoms with van der Waals surface area (Å²) >= 11 is 0. The Hall–Kier alpha value is -2.11. The van der Waals surface area contributed by atoms with Crippen LogP contribution in [-0.4, -0.2) is 28.0 Å². The zero-order valence-corrected chi connectivity index (χ0v) is 9.40. The van der Waals surface area contributed by atoms with Gasteiger partial charge in [0.15, 0.2) is 0 Å². The molecule has 1 atom stereocenters. The molecular weight excluding hydrogens is 224 g/mol. The molecule has 0 fully saturated rings. The summed E-state index contributed by atoms with van der Waals surface area (Å²) in [6.45, 7) is 1.77. The molecule has 1 aromatic heterocycles. The van der Waals surface area contributed by atoms with Gasteiger partial charge in [-0.05, 0) is 18.6 Å². The fourth-order valence-electron chi connectivity index (χ4n) is 1.37. The summed E-state index contributed by atoms with van der Waals surface area (Å²) in [5, 5.41) is 11.1. The molecule has 1 rings (SSSR count). The van der Waals surface area contributed by atoms with Gasteiger partial charge in [0.05, 0.1) is 6.42 Å². The Morgan fingerprint density at radius 3 is 2.76 bits per heavy atom. The maximum atomic E-state index is 11.7. The number of aliphatic carboxylic acids is 1. The number of hydrogen-bond donors (Lipinski definition) is 3. The second-order valence-electron chi connectivity index (χ2n) is 3.59. The zero-order valence-electron chi connectivity index (χ0n) is 9.40. The molecule has 1 amide bonds. The van der Waals surface area contributed by atoms with Gasteiger partial charge in [0.25, 0.3) is 11.5 Å². The molecule has 92 valence electrons. The van der Waals surface area contributed by atoms with Crippen LogP contribution in [0.4, 0.5) is 0 Å². The average molecular weight is 238 g/mol. The lowest BCUT2D eigenvalue weighted by Crippen LogP contribution is -2.38. The highest BCUT2D eigenvalue weighted by molar-refractivity contribution is 5.94. The van der Waals surface area contributed by atoms with Gasteiger partial charge >= 0.3 is 5.97 Å². The largest absolute Gasteiger partial charge is 0.481 e. The van der Waals surface area contributed by atoms with Crippen molar-refractivity contribution in [3.8, 4) is 0 Å². The van der Waals surface area contributed by atoms with Crippen LogP contribution in [0, 0.1) is 0 Å². The number of H-pyrrole nitrogens is 1. The Morgan fingerprint density at radius 2 is 2.24 bits per heavy atom. The smallest absolute Gasteiger partial charge is 0.305 e. The monoisotopic (exact) mass is 238 g/mol. The number of carbonyl (C=O) groups is 2. The van der Waals surface area contributed by atoms with Crippen molar-refractivity contribution in [3.05, 3.63) is 34.2 Å². The number of rotatable bonds is 5. The molecule has 3 N–H and O–H groups in total. The first kappa shape index (κ1) is 13.0. The van der Waals surface area contributed by atoms with E-state index < -0.39 is 23.5 Å². The van der Waals surface area contributed by atoms with E-state index in [1.165, 1.54) is 18.3 Å². The third-order valence-electron chi connectivity index (χ3n) is 2.31. The second-order valence-corrected chi connectivity index (χ2v) is 3.59. The van der Waals surface area contributed by atoms with Crippen LogP contribution in [0.2, 0.25) is 0 Å². The molecule has 0 aliphatic rings. The van der Waals surface area contributed by atoms with Gasteiger partial charge in [-0.15, -0.1) is 0 Å². The molecule has 0 aliphatic carbocycles. The van der Waals surface area contributed by atoms with E-state index in [1.807, 2.05) is 0 Å². The van der Waals surface area contributed by atoms with Gasteiger partial charge in [-0.2, -0.15) is 0 Å². The Kier molecular flexibility index (Phi) is 4.45.